The first-order valence-electron chi connectivity index (χ1n) is 5.46. The van der Waals surface area contributed by atoms with Gasteiger partial charge in [-0.2, -0.15) is 0 Å². The van der Waals surface area contributed by atoms with E-state index in [1.54, 1.807) is 0 Å². The van der Waals surface area contributed by atoms with Crippen LogP contribution in [0.2, 0.25) is 0 Å². The summed E-state index contributed by atoms with van der Waals surface area (Å²) in [6, 6.07) is 0. The topological polar surface area (TPSA) is 0 Å². The monoisotopic (exact) mass is 168 g/mol. The lowest BCUT2D eigenvalue weighted by Crippen LogP contribution is -2.04. The van der Waals surface area contributed by atoms with Crippen molar-refractivity contribution in [3.05, 3.63) is 12.7 Å². The van der Waals surface area contributed by atoms with Crippen LogP contribution in [0.1, 0.15) is 58.8 Å². The molecule has 0 atom stereocenters. The van der Waals surface area contributed by atoms with Crippen LogP contribution in [0.4, 0.5) is 0 Å². The standard InChI is InChI=1S/C9H16.C3H8/c1-2-6-9-7-4-3-5-8-9;1-3-2/h2,9H,1,3-8H2;3H2,1-2H3. The summed E-state index contributed by atoms with van der Waals surface area (Å²) in [4.78, 5) is 0. The maximum atomic E-state index is 3.75. The van der Waals surface area contributed by atoms with E-state index < -0.39 is 0 Å². The van der Waals surface area contributed by atoms with Gasteiger partial charge in [-0.3, -0.25) is 0 Å². The highest BCUT2D eigenvalue weighted by Gasteiger charge is 2.10. The average molecular weight is 168 g/mol. The van der Waals surface area contributed by atoms with Gasteiger partial charge >= 0.3 is 0 Å². The van der Waals surface area contributed by atoms with Crippen LogP contribution in [0.3, 0.4) is 0 Å². The third kappa shape index (κ3) is 6.45. The van der Waals surface area contributed by atoms with Crippen LogP contribution < -0.4 is 0 Å². The van der Waals surface area contributed by atoms with Gasteiger partial charge in [0.15, 0.2) is 0 Å². The molecule has 0 nitrogen and oxygen atoms in total. The van der Waals surface area contributed by atoms with Crippen molar-refractivity contribution in [3.8, 4) is 0 Å². The Morgan fingerprint density at radius 2 is 1.67 bits per heavy atom. The van der Waals surface area contributed by atoms with E-state index in [0.29, 0.717) is 0 Å². The molecule has 0 bridgehead atoms. The maximum Gasteiger partial charge on any atom is -0.0325 e. The van der Waals surface area contributed by atoms with Crippen LogP contribution in [0.15, 0.2) is 12.7 Å². The van der Waals surface area contributed by atoms with E-state index in [2.05, 4.69) is 26.5 Å². The Hall–Kier alpha value is -0.260. The minimum atomic E-state index is 0.983. The number of hydrogen-bond donors (Lipinski definition) is 0. The highest BCUT2D eigenvalue weighted by molar-refractivity contribution is 4.75. The molecule has 0 aromatic heterocycles. The molecule has 72 valence electrons. The minimum Gasteiger partial charge on any atom is -0.103 e. The molecule has 0 unspecified atom stereocenters. The summed E-state index contributed by atoms with van der Waals surface area (Å²) in [7, 11) is 0. The molecule has 0 spiro atoms. The Kier molecular flexibility index (Phi) is 8.64. The molecule has 0 radical (unpaired) electrons. The van der Waals surface area contributed by atoms with E-state index >= 15 is 0 Å². The molecule has 1 rings (SSSR count). The predicted octanol–water partition coefficient (Wildman–Crippen LogP) is 4.56. The van der Waals surface area contributed by atoms with Crippen molar-refractivity contribution in [2.24, 2.45) is 5.92 Å². The first kappa shape index (κ1) is 11.7. The summed E-state index contributed by atoms with van der Waals surface area (Å²) in [5, 5.41) is 0. The van der Waals surface area contributed by atoms with E-state index in [-0.39, 0.29) is 0 Å². The molecule has 0 N–H and O–H groups in total. The van der Waals surface area contributed by atoms with Crippen molar-refractivity contribution in [3.63, 3.8) is 0 Å². The number of hydrogen-bond acceptors (Lipinski definition) is 0. The Morgan fingerprint density at radius 1 is 1.17 bits per heavy atom. The Morgan fingerprint density at radius 3 is 2.08 bits per heavy atom. The first-order valence-corrected chi connectivity index (χ1v) is 5.46. The molecule has 0 aromatic rings. The van der Waals surface area contributed by atoms with Gasteiger partial charge in [0.2, 0.25) is 0 Å². The van der Waals surface area contributed by atoms with E-state index in [0.717, 1.165) is 5.92 Å². The minimum absolute atomic E-state index is 0.983. The molecule has 0 aromatic carbocycles. The van der Waals surface area contributed by atoms with Crippen molar-refractivity contribution in [2.75, 3.05) is 0 Å². The quantitative estimate of drug-likeness (QED) is 0.530. The van der Waals surface area contributed by atoms with Gasteiger partial charge in [-0.1, -0.05) is 58.4 Å². The summed E-state index contributed by atoms with van der Waals surface area (Å²) >= 11 is 0. The van der Waals surface area contributed by atoms with Gasteiger partial charge in [0, 0.05) is 0 Å². The molecule has 0 heteroatoms. The van der Waals surface area contributed by atoms with Crippen LogP contribution in [0.5, 0.6) is 0 Å². The largest absolute Gasteiger partial charge is 0.103 e. The highest BCUT2D eigenvalue weighted by Crippen LogP contribution is 2.25. The number of rotatable bonds is 2. The van der Waals surface area contributed by atoms with Crippen LogP contribution >= 0.6 is 0 Å². The van der Waals surface area contributed by atoms with Gasteiger partial charge in [0.1, 0.15) is 0 Å². The Bertz CT molecular complexity index is 88.2. The van der Waals surface area contributed by atoms with Gasteiger partial charge < -0.3 is 0 Å². The summed E-state index contributed by atoms with van der Waals surface area (Å²) in [5.41, 5.74) is 0. The van der Waals surface area contributed by atoms with Crippen LogP contribution in [-0.4, -0.2) is 0 Å². The average Bonchev–Trinajstić information content (AvgIpc) is 2.08. The van der Waals surface area contributed by atoms with Crippen molar-refractivity contribution >= 4 is 0 Å². The van der Waals surface area contributed by atoms with E-state index in [1.807, 2.05) is 0 Å². The second-order valence-electron chi connectivity index (χ2n) is 3.74. The third-order valence-corrected chi connectivity index (χ3v) is 2.22. The molecule has 1 aliphatic rings. The van der Waals surface area contributed by atoms with Gasteiger partial charge in [0.05, 0.1) is 0 Å². The molecule has 0 aliphatic heterocycles. The fourth-order valence-electron chi connectivity index (χ4n) is 1.66. The van der Waals surface area contributed by atoms with E-state index in [4.69, 9.17) is 0 Å². The van der Waals surface area contributed by atoms with Crippen LogP contribution in [-0.2, 0) is 0 Å². The van der Waals surface area contributed by atoms with Crippen molar-refractivity contribution in [2.45, 2.75) is 58.8 Å². The summed E-state index contributed by atoms with van der Waals surface area (Å²) in [5.74, 6) is 0.983. The molecule has 1 fully saturated rings. The van der Waals surface area contributed by atoms with Gasteiger partial charge in [0.25, 0.3) is 0 Å². The van der Waals surface area contributed by atoms with Crippen molar-refractivity contribution in [1.29, 1.82) is 0 Å². The first-order chi connectivity index (χ1) is 5.85. The molecule has 0 saturated heterocycles. The van der Waals surface area contributed by atoms with Crippen molar-refractivity contribution < 1.29 is 0 Å². The maximum absolute atomic E-state index is 3.75. The molecule has 12 heavy (non-hydrogen) atoms. The molecule has 0 heterocycles. The molecule has 1 saturated carbocycles. The van der Waals surface area contributed by atoms with E-state index in [9.17, 15) is 0 Å². The molecule has 1 aliphatic carbocycles. The van der Waals surface area contributed by atoms with Gasteiger partial charge in [-0.15, -0.1) is 6.58 Å². The fraction of sp³-hybridized carbons (Fsp3) is 0.833. The van der Waals surface area contributed by atoms with Gasteiger partial charge in [-0.25, -0.2) is 0 Å². The highest BCUT2D eigenvalue weighted by atomic mass is 14.2. The Balaban J connectivity index is 0.000000354. The lowest BCUT2D eigenvalue weighted by Gasteiger charge is -2.19. The van der Waals surface area contributed by atoms with Crippen LogP contribution in [0.25, 0.3) is 0 Å². The SMILES string of the molecule is C=CCC1CCCCC1.CCC. The number of allylic oxidation sites excluding steroid dienone is 1. The summed E-state index contributed by atoms with van der Waals surface area (Å²) < 4.78 is 0. The van der Waals surface area contributed by atoms with Gasteiger partial charge in [-0.05, 0) is 12.3 Å². The summed E-state index contributed by atoms with van der Waals surface area (Å²) in [6.07, 6.45) is 11.8. The third-order valence-electron chi connectivity index (χ3n) is 2.22. The lowest BCUT2D eigenvalue weighted by atomic mass is 9.87. The second-order valence-corrected chi connectivity index (χ2v) is 3.74. The zero-order chi connectivity index (χ0) is 9.23. The zero-order valence-corrected chi connectivity index (χ0v) is 8.81. The molecular weight excluding hydrogens is 144 g/mol. The molecule has 0 amide bonds. The fourth-order valence-corrected chi connectivity index (χ4v) is 1.66. The normalized spacial score (nSPS) is 17.8. The Labute approximate surface area is 78.1 Å². The smallest absolute Gasteiger partial charge is 0.0325 e. The zero-order valence-electron chi connectivity index (χ0n) is 8.81. The molecular formula is C12H24. The predicted molar refractivity (Wildman–Crippen MR) is 57.4 cm³/mol. The van der Waals surface area contributed by atoms with Crippen molar-refractivity contribution in [1.82, 2.24) is 0 Å². The second kappa shape index (κ2) is 8.83. The summed E-state index contributed by atoms with van der Waals surface area (Å²) in [6.45, 7) is 8.00. The van der Waals surface area contributed by atoms with E-state index in [1.165, 1.54) is 44.9 Å². The lowest BCUT2D eigenvalue weighted by molar-refractivity contribution is 0.361. The van der Waals surface area contributed by atoms with Crippen LogP contribution in [0, 0.1) is 5.92 Å².